The number of nitrogens with one attached hydrogen (secondary N) is 1. The molecule has 20 heavy (non-hydrogen) atoms. The van der Waals surface area contributed by atoms with Crippen LogP contribution < -0.4 is 5.32 Å². The van der Waals surface area contributed by atoms with Gasteiger partial charge in [-0.2, -0.15) is 0 Å². The van der Waals surface area contributed by atoms with Crippen LogP contribution in [0, 0.1) is 0 Å². The maximum Gasteiger partial charge on any atom is 0.0315 e. The van der Waals surface area contributed by atoms with E-state index < -0.39 is 0 Å². The molecule has 0 aliphatic carbocycles. The molecule has 0 aliphatic heterocycles. The third-order valence-electron chi connectivity index (χ3n) is 3.61. The first-order chi connectivity index (χ1) is 9.83. The molecule has 2 aromatic carbocycles. The molecular formula is C18H18N2. The fourth-order valence-electron chi connectivity index (χ4n) is 2.37. The van der Waals surface area contributed by atoms with Gasteiger partial charge in [-0.1, -0.05) is 42.5 Å². The highest BCUT2D eigenvalue weighted by Gasteiger charge is 2.04. The normalized spacial score (nSPS) is 12.4. The van der Waals surface area contributed by atoms with Gasteiger partial charge in [-0.15, -0.1) is 0 Å². The Morgan fingerprint density at radius 1 is 1.00 bits per heavy atom. The van der Waals surface area contributed by atoms with Crippen LogP contribution in [0.3, 0.4) is 0 Å². The van der Waals surface area contributed by atoms with E-state index in [0.717, 1.165) is 6.54 Å². The molecule has 3 rings (SSSR count). The summed E-state index contributed by atoms with van der Waals surface area (Å²) in [5.41, 5.74) is 2.52. The average Bonchev–Trinajstić information content (AvgIpc) is 2.53. The van der Waals surface area contributed by atoms with Crippen molar-refractivity contribution in [3.63, 3.8) is 0 Å². The first-order valence-electron chi connectivity index (χ1n) is 6.94. The van der Waals surface area contributed by atoms with Crippen LogP contribution >= 0.6 is 0 Å². The van der Waals surface area contributed by atoms with Crippen molar-refractivity contribution in [1.82, 2.24) is 10.3 Å². The molecule has 0 amide bonds. The average molecular weight is 262 g/mol. The van der Waals surface area contributed by atoms with Crippen LogP contribution in [0.5, 0.6) is 0 Å². The van der Waals surface area contributed by atoms with Gasteiger partial charge in [0.1, 0.15) is 0 Å². The zero-order valence-corrected chi connectivity index (χ0v) is 11.6. The van der Waals surface area contributed by atoms with E-state index in [4.69, 9.17) is 0 Å². The zero-order valence-electron chi connectivity index (χ0n) is 11.6. The van der Waals surface area contributed by atoms with Crippen LogP contribution in [0.4, 0.5) is 0 Å². The first-order valence-corrected chi connectivity index (χ1v) is 6.94. The van der Waals surface area contributed by atoms with Gasteiger partial charge in [0.2, 0.25) is 0 Å². The Hall–Kier alpha value is -2.19. The van der Waals surface area contributed by atoms with Gasteiger partial charge in [0.25, 0.3) is 0 Å². The molecule has 1 atom stereocenters. The van der Waals surface area contributed by atoms with Crippen LogP contribution in [-0.2, 0) is 6.54 Å². The van der Waals surface area contributed by atoms with Gasteiger partial charge >= 0.3 is 0 Å². The van der Waals surface area contributed by atoms with Gasteiger partial charge in [0.15, 0.2) is 0 Å². The molecule has 0 fully saturated rings. The second-order valence-electron chi connectivity index (χ2n) is 5.07. The molecule has 1 heterocycles. The van der Waals surface area contributed by atoms with Crippen LogP contribution in [-0.4, -0.2) is 4.98 Å². The number of hydrogen-bond acceptors (Lipinski definition) is 2. The third kappa shape index (κ3) is 2.86. The highest BCUT2D eigenvalue weighted by atomic mass is 14.9. The van der Waals surface area contributed by atoms with Crippen molar-refractivity contribution in [2.75, 3.05) is 0 Å². The van der Waals surface area contributed by atoms with Crippen LogP contribution in [0.1, 0.15) is 24.1 Å². The number of pyridine rings is 1. The first kappa shape index (κ1) is 12.8. The van der Waals surface area contributed by atoms with E-state index in [1.54, 1.807) is 6.20 Å². The van der Waals surface area contributed by atoms with Gasteiger partial charge < -0.3 is 5.32 Å². The van der Waals surface area contributed by atoms with Crippen molar-refractivity contribution >= 4 is 10.8 Å². The quantitative estimate of drug-likeness (QED) is 0.766. The van der Waals surface area contributed by atoms with Crippen molar-refractivity contribution in [3.8, 4) is 0 Å². The lowest BCUT2D eigenvalue weighted by molar-refractivity contribution is 0.573. The van der Waals surface area contributed by atoms with Crippen molar-refractivity contribution in [3.05, 3.63) is 78.1 Å². The Kier molecular flexibility index (Phi) is 3.75. The summed E-state index contributed by atoms with van der Waals surface area (Å²) in [5.74, 6) is 0. The Bertz CT molecular complexity index is 692. The summed E-state index contributed by atoms with van der Waals surface area (Å²) < 4.78 is 0. The molecular weight excluding hydrogens is 244 g/mol. The zero-order chi connectivity index (χ0) is 13.8. The second kappa shape index (κ2) is 5.85. The highest BCUT2D eigenvalue weighted by molar-refractivity contribution is 5.82. The highest BCUT2D eigenvalue weighted by Crippen LogP contribution is 2.17. The lowest BCUT2D eigenvalue weighted by Crippen LogP contribution is -2.18. The van der Waals surface area contributed by atoms with Crippen molar-refractivity contribution in [1.29, 1.82) is 0 Å². The molecule has 2 heteroatoms. The molecule has 1 N–H and O–H groups in total. The minimum Gasteiger partial charge on any atom is -0.306 e. The van der Waals surface area contributed by atoms with Crippen LogP contribution in [0.2, 0.25) is 0 Å². The van der Waals surface area contributed by atoms with E-state index in [1.807, 2.05) is 12.3 Å². The predicted octanol–water partition coefficient (Wildman–Crippen LogP) is 4.09. The topological polar surface area (TPSA) is 24.9 Å². The van der Waals surface area contributed by atoms with Gasteiger partial charge in [-0.3, -0.25) is 4.98 Å². The standard InChI is InChI=1S/C18H18N2/c1-14(18-7-4-10-19-13-18)20-12-15-8-9-16-5-2-3-6-17(16)11-15/h2-11,13-14,20H,12H2,1H3/t14-/m0/s1. The summed E-state index contributed by atoms with van der Waals surface area (Å²) in [6.07, 6.45) is 3.72. The number of nitrogens with zero attached hydrogens (tertiary/aromatic N) is 1. The molecule has 2 nitrogen and oxygen atoms in total. The molecule has 0 unspecified atom stereocenters. The van der Waals surface area contributed by atoms with Gasteiger partial charge in [0, 0.05) is 25.0 Å². The lowest BCUT2D eigenvalue weighted by atomic mass is 10.1. The summed E-state index contributed by atoms with van der Waals surface area (Å²) in [7, 11) is 0. The third-order valence-corrected chi connectivity index (χ3v) is 3.61. The number of aromatic nitrogens is 1. The number of hydrogen-bond donors (Lipinski definition) is 1. The van der Waals surface area contributed by atoms with Gasteiger partial charge in [-0.25, -0.2) is 0 Å². The number of benzene rings is 2. The monoisotopic (exact) mass is 262 g/mol. The minimum absolute atomic E-state index is 0.301. The Morgan fingerprint density at radius 3 is 2.65 bits per heavy atom. The molecule has 0 saturated heterocycles. The maximum absolute atomic E-state index is 4.16. The smallest absolute Gasteiger partial charge is 0.0315 e. The minimum atomic E-state index is 0.301. The van der Waals surface area contributed by atoms with Crippen molar-refractivity contribution in [2.45, 2.75) is 19.5 Å². The molecule has 100 valence electrons. The Balaban J connectivity index is 1.70. The van der Waals surface area contributed by atoms with Crippen LogP contribution in [0.25, 0.3) is 10.8 Å². The van der Waals surface area contributed by atoms with Crippen LogP contribution in [0.15, 0.2) is 67.0 Å². The Morgan fingerprint density at radius 2 is 1.85 bits per heavy atom. The van der Waals surface area contributed by atoms with E-state index in [-0.39, 0.29) is 0 Å². The predicted molar refractivity (Wildman–Crippen MR) is 83.4 cm³/mol. The molecule has 0 spiro atoms. The fourth-order valence-corrected chi connectivity index (χ4v) is 2.37. The SMILES string of the molecule is C[C@H](NCc1ccc2ccccc2c1)c1cccnc1. The summed E-state index contributed by atoms with van der Waals surface area (Å²) in [6, 6.07) is 19.4. The van der Waals surface area contributed by atoms with E-state index >= 15 is 0 Å². The molecule has 0 aliphatic rings. The van der Waals surface area contributed by atoms with Crippen molar-refractivity contribution in [2.24, 2.45) is 0 Å². The van der Waals surface area contributed by atoms with E-state index in [2.05, 4.69) is 65.8 Å². The maximum atomic E-state index is 4.16. The number of fused-ring (bicyclic) bond motifs is 1. The summed E-state index contributed by atoms with van der Waals surface area (Å²) in [4.78, 5) is 4.16. The molecule has 0 radical (unpaired) electrons. The lowest BCUT2D eigenvalue weighted by Gasteiger charge is -2.14. The molecule has 0 bridgehead atoms. The molecule has 1 aromatic heterocycles. The second-order valence-corrected chi connectivity index (χ2v) is 5.07. The van der Waals surface area contributed by atoms with E-state index in [1.165, 1.54) is 21.9 Å². The van der Waals surface area contributed by atoms with E-state index in [9.17, 15) is 0 Å². The van der Waals surface area contributed by atoms with E-state index in [0.29, 0.717) is 6.04 Å². The number of rotatable bonds is 4. The molecule has 3 aromatic rings. The van der Waals surface area contributed by atoms with Gasteiger partial charge in [0.05, 0.1) is 0 Å². The summed E-state index contributed by atoms with van der Waals surface area (Å²) >= 11 is 0. The van der Waals surface area contributed by atoms with Gasteiger partial charge in [-0.05, 0) is 41.0 Å². The molecule has 0 saturated carbocycles. The Labute approximate surface area is 119 Å². The summed E-state index contributed by atoms with van der Waals surface area (Å²) in [5, 5.41) is 6.12. The largest absolute Gasteiger partial charge is 0.306 e. The summed E-state index contributed by atoms with van der Waals surface area (Å²) in [6.45, 7) is 3.03. The van der Waals surface area contributed by atoms with Crippen molar-refractivity contribution < 1.29 is 0 Å². The fraction of sp³-hybridized carbons (Fsp3) is 0.167.